The Morgan fingerprint density at radius 1 is 0.900 bits per heavy atom. The van der Waals surface area contributed by atoms with Crippen molar-refractivity contribution in [3.05, 3.63) is 66.5 Å². The van der Waals surface area contributed by atoms with Crippen LogP contribution in [-0.2, 0) is 4.79 Å². The second-order valence-corrected chi connectivity index (χ2v) is 7.10. The third kappa shape index (κ3) is 3.71. The van der Waals surface area contributed by atoms with E-state index in [0.717, 1.165) is 36.0 Å². The van der Waals surface area contributed by atoms with Crippen LogP contribution in [-0.4, -0.2) is 58.5 Å². The summed E-state index contributed by atoms with van der Waals surface area (Å²) in [6, 6.07) is 13.5. The van der Waals surface area contributed by atoms with Gasteiger partial charge in [-0.2, -0.15) is 0 Å². The second kappa shape index (κ2) is 7.90. The van der Waals surface area contributed by atoms with E-state index in [0.29, 0.717) is 18.8 Å². The molecule has 0 atom stereocenters. The van der Waals surface area contributed by atoms with Crippen molar-refractivity contribution in [2.45, 2.75) is 0 Å². The zero-order valence-corrected chi connectivity index (χ0v) is 16.3. The fraction of sp³-hybridized carbons (Fsp3) is 0.227. The molecule has 1 aromatic carbocycles. The van der Waals surface area contributed by atoms with Crippen LogP contribution in [0.3, 0.4) is 0 Å². The third-order valence-electron chi connectivity index (χ3n) is 5.24. The van der Waals surface area contributed by atoms with Crippen molar-refractivity contribution in [3.8, 4) is 17.3 Å². The van der Waals surface area contributed by atoms with Gasteiger partial charge in [-0.1, -0.05) is 6.07 Å². The van der Waals surface area contributed by atoms with Gasteiger partial charge in [-0.3, -0.25) is 4.79 Å². The van der Waals surface area contributed by atoms with Crippen molar-refractivity contribution in [2.24, 2.45) is 0 Å². The van der Waals surface area contributed by atoms with Gasteiger partial charge >= 0.3 is 0 Å². The lowest BCUT2D eigenvalue weighted by molar-refractivity contribution is -0.126. The quantitative estimate of drug-likeness (QED) is 0.623. The predicted octanol–water partition coefficient (Wildman–Crippen LogP) is 2.36. The van der Waals surface area contributed by atoms with E-state index in [9.17, 15) is 4.79 Å². The highest BCUT2D eigenvalue weighted by atomic mass is 16.7. The molecule has 0 aliphatic carbocycles. The maximum absolute atomic E-state index is 12.6. The van der Waals surface area contributed by atoms with Gasteiger partial charge in [-0.15, -0.1) is 10.2 Å². The van der Waals surface area contributed by atoms with Crippen LogP contribution in [0, 0.1) is 0 Å². The fourth-order valence-electron chi connectivity index (χ4n) is 3.56. The second-order valence-electron chi connectivity index (χ2n) is 7.10. The summed E-state index contributed by atoms with van der Waals surface area (Å²) in [6.07, 6.45) is 7.29. The van der Waals surface area contributed by atoms with E-state index >= 15 is 0 Å². The lowest BCUT2D eigenvalue weighted by atomic mass is 10.2. The molecule has 2 aliphatic heterocycles. The van der Waals surface area contributed by atoms with Gasteiger partial charge in [-0.25, -0.2) is 0 Å². The molecule has 0 saturated carbocycles. The highest BCUT2D eigenvalue weighted by Crippen LogP contribution is 2.32. The van der Waals surface area contributed by atoms with Crippen molar-refractivity contribution in [1.82, 2.24) is 19.7 Å². The Balaban J connectivity index is 1.17. The molecule has 0 bridgehead atoms. The summed E-state index contributed by atoms with van der Waals surface area (Å²) in [4.78, 5) is 16.6. The van der Waals surface area contributed by atoms with Gasteiger partial charge in [0.15, 0.2) is 23.1 Å². The maximum Gasteiger partial charge on any atom is 0.246 e. The molecule has 0 N–H and O–H groups in total. The minimum absolute atomic E-state index is 0.00126. The Kier molecular flexibility index (Phi) is 4.80. The van der Waals surface area contributed by atoms with E-state index in [1.54, 1.807) is 6.08 Å². The predicted molar refractivity (Wildman–Crippen MR) is 112 cm³/mol. The van der Waals surface area contributed by atoms with E-state index in [1.165, 1.54) is 0 Å². The zero-order valence-electron chi connectivity index (χ0n) is 16.3. The summed E-state index contributed by atoms with van der Waals surface area (Å²) in [5.41, 5.74) is 0.907. The number of hydrogen-bond donors (Lipinski definition) is 0. The number of carbonyl (C=O) groups excluding carboxylic acids is 1. The highest BCUT2D eigenvalue weighted by Gasteiger charge is 2.21. The summed E-state index contributed by atoms with van der Waals surface area (Å²) in [7, 11) is 0. The summed E-state index contributed by atoms with van der Waals surface area (Å²) >= 11 is 0. The number of carbonyl (C=O) groups is 1. The number of nitrogens with zero attached hydrogens (tertiary/aromatic N) is 5. The smallest absolute Gasteiger partial charge is 0.246 e. The van der Waals surface area contributed by atoms with E-state index < -0.39 is 0 Å². The molecule has 4 heterocycles. The monoisotopic (exact) mass is 403 g/mol. The molecular weight excluding hydrogens is 382 g/mol. The number of ether oxygens (including phenoxy) is 2. The van der Waals surface area contributed by atoms with E-state index in [-0.39, 0.29) is 12.7 Å². The number of rotatable bonds is 4. The van der Waals surface area contributed by atoms with E-state index in [4.69, 9.17) is 9.47 Å². The Morgan fingerprint density at radius 2 is 1.63 bits per heavy atom. The number of aromatic nitrogens is 3. The van der Waals surface area contributed by atoms with Crippen LogP contribution >= 0.6 is 0 Å². The number of amides is 1. The molecule has 1 amide bonds. The molecular formula is C22H21N5O3. The van der Waals surface area contributed by atoms with Crippen molar-refractivity contribution < 1.29 is 14.3 Å². The largest absolute Gasteiger partial charge is 0.454 e. The van der Waals surface area contributed by atoms with Crippen LogP contribution in [0.1, 0.15) is 5.56 Å². The molecule has 8 nitrogen and oxygen atoms in total. The minimum atomic E-state index is 0.00126. The van der Waals surface area contributed by atoms with Crippen LogP contribution in [0.4, 0.5) is 5.82 Å². The van der Waals surface area contributed by atoms with Crippen molar-refractivity contribution >= 4 is 17.8 Å². The summed E-state index contributed by atoms with van der Waals surface area (Å²) in [5, 5.41) is 8.65. The molecule has 8 heteroatoms. The molecule has 30 heavy (non-hydrogen) atoms. The Morgan fingerprint density at radius 3 is 2.40 bits per heavy atom. The Labute approximate surface area is 173 Å². The normalized spacial score (nSPS) is 15.7. The highest BCUT2D eigenvalue weighted by molar-refractivity contribution is 5.92. The van der Waals surface area contributed by atoms with Crippen LogP contribution in [0.25, 0.3) is 11.9 Å². The SMILES string of the molecule is O=C(/C=C/c1ccc2c(c1)OCO2)N1CCN(c2ccc(-n3cccc3)nn2)CC1. The zero-order chi connectivity index (χ0) is 20.3. The van der Waals surface area contributed by atoms with Gasteiger partial charge in [-0.05, 0) is 48.0 Å². The van der Waals surface area contributed by atoms with Crippen LogP contribution in [0.15, 0.2) is 60.9 Å². The molecule has 5 rings (SSSR count). The minimum Gasteiger partial charge on any atom is -0.454 e. The number of anilines is 1. The number of fused-ring (bicyclic) bond motifs is 1. The van der Waals surface area contributed by atoms with Gasteiger partial charge in [0.25, 0.3) is 0 Å². The molecule has 152 valence electrons. The molecule has 2 aliphatic rings. The summed E-state index contributed by atoms with van der Waals surface area (Å²) < 4.78 is 12.6. The molecule has 0 spiro atoms. The molecule has 0 radical (unpaired) electrons. The molecule has 2 aromatic heterocycles. The average molecular weight is 403 g/mol. The molecule has 0 unspecified atom stereocenters. The van der Waals surface area contributed by atoms with Crippen molar-refractivity contribution in [2.75, 3.05) is 37.9 Å². The van der Waals surface area contributed by atoms with Gasteiger partial charge in [0.05, 0.1) is 0 Å². The van der Waals surface area contributed by atoms with Gasteiger partial charge in [0, 0.05) is 44.6 Å². The molecule has 1 fully saturated rings. The first-order valence-corrected chi connectivity index (χ1v) is 9.85. The first kappa shape index (κ1) is 18.2. The summed E-state index contributed by atoms with van der Waals surface area (Å²) in [5.74, 6) is 3.06. The number of piperazine rings is 1. The molecule has 1 saturated heterocycles. The third-order valence-corrected chi connectivity index (χ3v) is 5.24. The average Bonchev–Trinajstić information content (AvgIpc) is 3.49. The lowest BCUT2D eigenvalue weighted by Gasteiger charge is -2.34. The summed E-state index contributed by atoms with van der Waals surface area (Å²) in [6.45, 7) is 2.98. The van der Waals surface area contributed by atoms with E-state index in [1.807, 2.05) is 70.4 Å². The topological polar surface area (TPSA) is 72.7 Å². The Bertz CT molecular complexity index is 1050. The van der Waals surface area contributed by atoms with E-state index in [2.05, 4.69) is 15.1 Å². The van der Waals surface area contributed by atoms with Gasteiger partial charge in [0.2, 0.25) is 12.7 Å². The number of hydrogen-bond acceptors (Lipinski definition) is 6. The van der Waals surface area contributed by atoms with Crippen molar-refractivity contribution in [3.63, 3.8) is 0 Å². The van der Waals surface area contributed by atoms with Crippen LogP contribution in [0.2, 0.25) is 0 Å². The lowest BCUT2D eigenvalue weighted by Crippen LogP contribution is -2.48. The van der Waals surface area contributed by atoms with Gasteiger partial charge in [0.1, 0.15) is 0 Å². The maximum atomic E-state index is 12.6. The first-order chi connectivity index (χ1) is 14.8. The Hall–Kier alpha value is -3.81. The van der Waals surface area contributed by atoms with Gasteiger partial charge < -0.3 is 23.8 Å². The fourth-order valence-corrected chi connectivity index (χ4v) is 3.56. The van der Waals surface area contributed by atoms with Crippen molar-refractivity contribution in [1.29, 1.82) is 0 Å². The standard InChI is InChI=1S/C22H21N5O3/c28-22(8-4-17-3-5-18-19(15-17)30-16-29-18)27-13-11-26(12-14-27)21-7-6-20(23-24-21)25-9-1-2-10-25/h1-10,15H,11-14,16H2/b8-4+. The van der Waals surface area contributed by atoms with Crippen LogP contribution < -0.4 is 14.4 Å². The number of benzene rings is 1. The first-order valence-electron chi connectivity index (χ1n) is 9.85. The van der Waals surface area contributed by atoms with Crippen LogP contribution in [0.5, 0.6) is 11.5 Å². The molecule has 3 aromatic rings.